The van der Waals surface area contributed by atoms with Crippen LogP contribution in [0, 0.1) is 11.3 Å². The first-order chi connectivity index (χ1) is 16.5. The third-order valence-electron chi connectivity index (χ3n) is 5.86. The third kappa shape index (κ3) is 4.25. The standard InChI is InChI=1S/C23H20ClN7O2S/c24-21-20-23(31(29-28-20)14-16-6-2-1-3-7-16)27-22(26-21)18-9-5-11-30(15-18)34(32,33)19-10-4-8-17(12-19)13-25/h1-4,6-8,10,12,18H,5,9,11,14-15H2. The van der Waals surface area contributed by atoms with Gasteiger partial charge in [-0.2, -0.15) is 9.57 Å². The number of piperidine rings is 1. The lowest BCUT2D eigenvalue weighted by Crippen LogP contribution is -2.39. The number of nitrogens with zero attached hydrogens (tertiary/aromatic N) is 7. The fraction of sp³-hybridized carbons (Fsp3) is 0.261. The van der Waals surface area contributed by atoms with Gasteiger partial charge in [0.2, 0.25) is 10.0 Å². The van der Waals surface area contributed by atoms with Crippen molar-refractivity contribution in [2.45, 2.75) is 30.2 Å². The summed E-state index contributed by atoms with van der Waals surface area (Å²) in [4.78, 5) is 9.25. The Morgan fingerprint density at radius 1 is 1.12 bits per heavy atom. The quantitative estimate of drug-likeness (QED) is 0.391. The van der Waals surface area contributed by atoms with E-state index >= 15 is 0 Å². The van der Waals surface area contributed by atoms with Gasteiger partial charge in [0.05, 0.1) is 23.1 Å². The van der Waals surface area contributed by atoms with E-state index in [4.69, 9.17) is 21.8 Å². The van der Waals surface area contributed by atoms with E-state index in [9.17, 15) is 8.42 Å². The third-order valence-corrected chi connectivity index (χ3v) is 7.99. The van der Waals surface area contributed by atoms with Crippen LogP contribution in [0.2, 0.25) is 5.15 Å². The maximum atomic E-state index is 13.3. The molecule has 3 heterocycles. The molecule has 0 bridgehead atoms. The van der Waals surface area contributed by atoms with Crippen LogP contribution in [0.1, 0.15) is 35.7 Å². The Bertz CT molecular complexity index is 1500. The summed E-state index contributed by atoms with van der Waals surface area (Å²) in [6.07, 6.45) is 1.38. The van der Waals surface area contributed by atoms with Gasteiger partial charge in [-0.15, -0.1) is 5.10 Å². The van der Waals surface area contributed by atoms with Crippen LogP contribution in [0.3, 0.4) is 0 Å². The Balaban J connectivity index is 1.45. The molecule has 4 aromatic rings. The summed E-state index contributed by atoms with van der Waals surface area (Å²) in [6, 6.07) is 17.9. The molecule has 5 rings (SSSR count). The molecule has 0 radical (unpaired) electrons. The van der Waals surface area contributed by atoms with Crippen LogP contribution in [0.4, 0.5) is 0 Å². The minimum atomic E-state index is -3.76. The van der Waals surface area contributed by atoms with Crippen molar-refractivity contribution in [1.29, 1.82) is 5.26 Å². The molecule has 1 aliphatic rings. The summed E-state index contributed by atoms with van der Waals surface area (Å²) in [7, 11) is -3.76. The van der Waals surface area contributed by atoms with E-state index in [-0.39, 0.29) is 22.5 Å². The number of hydrogen-bond donors (Lipinski definition) is 0. The summed E-state index contributed by atoms with van der Waals surface area (Å²) in [5.74, 6) is 0.240. The Labute approximate surface area is 201 Å². The number of fused-ring (bicyclic) bond motifs is 1. The average Bonchev–Trinajstić information content (AvgIpc) is 3.28. The second-order valence-electron chi connectivity index (χ2n) is 8.12. The topological polar surface area (TPSA) is 118 Å². The zero-order chi connectivity index (χ0) is 23.7. The molecule has 0 spiro atoms. The number of halogens is 1. The van der Waals surface area contributed by atoms with Crippen molar-refractivity contribution in [3.8, 4) is 6.07 Å². The van der Waals surface area contributed by atoms with Crippen molar-refractivity contribution in [2.75, 3.05) is 13.1 Å². The van der Waals surface area contributed by atoms with Gasteiger partial charge in [-0.25, -0.2) is 23.1 Å². The number of nitriles is 1. The molecule has 34 heavy (non-hydrogen) atoms. The van der Waals surface area contributed by atoms with Gasteiger partial charge in [-0.1, -0.05) is 53.2 Å². The molecular weight excluding hydrogens is 474 g/mol. The van der Waals surface area contributed by atoms with Crippen LogP contribution in [0.25, 0.3) is 11.2 Å². The smallest absolute Gasteiger partial charge is 0.222 e. The lowest BCUT2D eigenvalue weighted by Gasteiger charge is -2.31. The van der Waals surface area contributed by atoms with E-state index in [1.54, 1.807) is 16.8 Å². The maximum Gasteiger partial charge on any atom is 0.243 e. The predicted octanol–water partition coefficient (Wildman–Crippen LogP) is 3.36. The van der Waals surface area contributed by atoms with Gasteiger partial charge >= 0.3 is 0 Å². The average molecular weight is 494 g/mol. The molecule has 0 N–H and O–H groups in total. The first-order valence-electron chi connectivity index (χ1n) is 10.8. The number of rotatable bonds is 5. The van der Waals surface area contributed by atoms with Crippen molar-refractivity contribution in [1.82, 2.24) is 29.3 Å². The van der Waals surface area contributed by atoms with Crippen molar-refractivity contribution >= 4 is 32.8 Å². The van der Waals surface area contributed by atoms with E-state index in [2.05, 4.69) is 15.3 Å². The molecule has 11 heteroatoms. The number of aromatic nitrogens is 5. The first kappa shape index (κ1) is 22.4. The molecular formula is C23H20ClN7O2S. The van der Waals surface area contributed by atoms with Gasteiger partial charge in [0.1, 0.15) is 5.82 Å². The molecule has 2 aromatic carbocycles. The largest absolute Gasteiger partial charge is 0.243 e. The Hall–Kier alpha value is -3.39. The van der Waals surface area contributed by atoms with Gasteiger partial charge in [-0.05, 0) is 36.6 Å². The van der Waals surface area contributed by atoms with Crippen LogP contribution in [-0.2, 0) is 16.6 Å². The second-order valence-corrected chi connectivity index (χ2v) is 10.4. The number of sulfonamides is 1. The molecule has 1 atom stereocenters. The van der Waals surface area contributed by atoms with Gasteiger partial charge in [-0.3, -0.25) is 0 Å². The Kier molecular flexibility index (Phi) is 6.00. The van der Waals surface area contributed by atoms with Crippen molar-refractivity contribution in [3.05, 3.63) is 76.7 Å². The Morgan fingerprint density at radius 2 is 1.94 bits per heavy atom. The molecule has 172 valence electrons. The molecule has 1 unspecified atom stereocenters. The van der Waals surface area contributed by atoms with Crippen LogP contribution in [-0.4, -0.2) is 50.8 Å². The highest BCUT2D eigenvalue weighted by molar-refractivity contribution is 7.89. The summed E-state index contributed by atoms with van der Waals surface area (Å²) in [6.45, 7) is 1.09. The number of benzene rings is 2. The summed E-state index contributed by atoms with van der Waals surface area (Å²) < 4.78 is 29.6. The molecule has 0 aliphatic carbocycles. The zero-order valence-corrected chi connectivity index (χ0v) is 19.6. The highest BCUT2D eigenvalue weighted by Crippen LogP contribution is 2.31. The number of hydrogen-bond acceptors (Lipinski definition) is 7. The highest BCUT2D eigenvalue weighted by Gasteiger charge is 2.33. The van der Waals surface area contributed by atoms with E-state index in [1.165, 1.54) is 16.4 Å². The molecule has 2 aromatic heterocycles. The van der Waals surface area contributed by atoms with Gasteiger partial charge in [0.25, 0.3) is 0 Å². The van der Waals surface area contributed by atoms with Crippen molar-refractivity contribution in [3.63, 3.8) is 0 Å². The fourth-order valence-electron chi connectivity index (χ4n) is 4.13. The molecule has 9 nitrogen and oxygen atoms in total. The molecule has 1 aliphatic heterocycles. The highest BCUT2D eigenvalue weighted by atomic mass is 35.5. The predicted molar refractivity (Wildman–Crippen MR) is 126 cm³/mol. The van der Waals surface area contributed by atoms with Crippen molar-refractivity contribution in [2.24, 2.45) is 0 Å². The summed E-state index contributed by atoms with van der Waals surface area (Å²) in [5.41, 5.74) is 2.27. The van der Waals surface area contributed by atoms with E-state index in [0.717, 1.165) is 12.0 Å². The zero-order valence-electron chi connectivity index (χ0n) is 18.0. The Morgan fingerprint density at radius 3 is 2.74 bits per heavy atom. The monoisotopic (exact) mass is 493 g/mol. The minimum Gasteiger partial charge on any atom is -0.222 e. The van der Waals surface area contributed by atoms with Gasteiger partial charge in [0.15, 0.2) is 16.3 Å². The van der Waals surface area contributed by atoms with E-state index < -0.39 is 10.0 Å². The summed E-state index contributed by atoms with van der Waals surface area (Å²) >= 11 is 6.42. The van der Waals surface area contributed by atoms with Crippen molar-refractivity contribution < 1.29 is 8.42 Å². The minimum absolute atomic E-state index is 0.103. The normalized spacial score (nSPS) is 17.0. The SMILES string of the molecule is N#Cc1cccc(S(=O)(=O)N2CCCC(c3nc(Cl)c4nnn(Cc5ccccc5)c4n3)C2)c1. The van der Waals surface area contributed by atoms with Crippen LogP contribution >= 0.6 is 11.6 Å². The van der Waals surface area contributed by atoms with E-state index in [1.807, 2.05) is 36.4 Å². The van der Waals surface area contributed by atoms with E-state index in [0.29, 0.717) is 42.1 Å². The van der Waals surface area contributed by atoms with Crippen LogP contribution < -0.4 is 0 Å². The van der Waals surface area contributed by atoms with Crippen LogP contribution in [0.15, 0.2) is 59.5 Å². The van der Waals surface area contributed by atoms with Gasteiger partial charge in [0, 0.05) is 19.0 Å². The molecule has 1 fully saturated rings. The molecule has 1 saturated heterocycles. The maximum absolute atomic E-state index is 13.3. The lowest BCUT2D eigenvalue weighted by atomic mass is 9.99. The summed E-state index contributed by atoms with van der Waals surface area (Å²) in [5, 5.41) is 17.7. The molecule has 0 amide bonds. The van der Waals surface area contributed by atoms with Crippen LogP contribution in [0.5, 0.6) is 0 Å². The molecule has 0 saturated carbocycles. The lowest BCUT2D eigenvalue weighted by molar-refractivity contribution is 0.309. The second kappa shape index (κ2) is 9.10. The first-order valence-corrected chi connectivity index (χ1v) is 12.6. The van der Waals surface area contributed by atoms with Gasteiger partial charge < -0.3 is 0 Å². The fourth-order valence-corrected chi connectivity index (χ4v) is 5.91.